The summed E-state index contributed by atoms with van der Waals surface area (Å²) in [6.07, 6.45) is 3.81. The molecule has 4 rings (SSSR count). The predicted octanol–water partition coefficient (Wildman–Crippen LogP) is 3.30. The van der Waals surface area contributed by atoms with Crippen molar-refractivity contribution in [1.29, 1.82) is 0 Å². The predicted molar refractivity (Wildman–Crippen MR) is 115 cm³/mol. The number of aromatic nitrogens is 4. The van der Waals surface area contributed by atoms with E-state index in [1.807, 2.05) is 12.1 Å². The molecule has 0 atom stereocenters. The number of benzene rings is 1. The van der Waals surface area contributed by atoms with Crippen LogP contribution in [0.4, 0.5) is 5.69 Å². The van der Waals surface area contributed by atoms with Crippen LogP contribution in [0.2, 0.25) is 5.15 Å². The van der Waals surface area contributed by atoms with Crippen LogP contribution in [0.1, 0.15) is 42.5 Å². The highest BCUT2D eigenvalue weighted by molar-refractivity contribution is 6.30. The van der Waals surface area contributed by atoms with Gasteiger partial charge in [0, 0.05) is 43.7 Å². The van der Waals surface area contributed by atoms with Crippen molar-refractivity contribution in [2.75, 3.05) is 12.3 Å². The summed E-state index contributed by atoms with van der Waals surface area (Å²) in [6.45, 7) is 4.14. The number of rotatable bonds is 6. The summed E-state index contributed by atoms with van der Waals surface area (Å²) in [4.78, 5) is 30.3. The minimum absolute atomic E-state index is 0.0918. The van der Waals surface area contributed by atoms with E-state index in [0.717, 1.165) is 60.6 Å². The van der Waals surface area contributed by atoms with Crippen molar-refractivity contribution in [3.63, 3.8) is 0 Å². The number of fused-ring (bicyclic) bond motifs is 1. The molecule has 3 aromatic rings. The van der Waals surface area contributed by atoms with Gasteiger partial charge in [-0.05, 0) is 30.7 Å². The molecule has 2 aromatic heterocycles. The van der Waals surface area contributed by atoms with Gasteiger partial charge < -0.3 is 15.7 Å². The molecule has 0 saturated heterocycles. The SMILES string of the molecule is CCCCc1nc(Cl)c(CN2CCc3nc(-c4ccc(N)cc4)[nH]c(=O)c3C2)[nH]1. The molecule has 7 nitrogen and oxygen atoms in total. The fourth-order valence-corrected chi connectivity index (χ4v) is 3.83. The molecule has 0 saturated carbocycles. The van der Waals surface area contributed by atoms with Crippen LogP contribution in [0.3, 0.4) is 0 Å². The summed E-state index contributed by atoms with van der Waals surface area (Å²) in [6, 6.07) is 7.34. The molecule has 0 bridgehead atoms. The second kappa shape index (κ2) is 8.39. The molecule has 1 aliphatic heterocycles. The molecule has 8 heteroatoms. The number of unbranched alkanes of at least 4 members (excludes halogenated alkanes) is 1. The van der Waals surface area contributed by atoms with Crippen molar-refractivity contribution in [2.45, 2.75) is 45.7 Å². The van der Waals surface area contributed by atoms with Gasteiger partial charge in [-0.3, -0.25) is 9.69 Å². The maximum atomic E-state index is 12.7. The van der Waals surface area contributed by atoms with Crippen LogP contribution in [-0.2, 0) is 25.9 Å². The van der Waals surface area contributed by atoms with E-state index >= 15 is 0 Å². The number of nitrogens with zero attached hydrogens (tertiary/aromatic N) is 3. The van der Waals surface area contributed by atoms with Crippen molar-refractivity contribution < 1.29 is 0 Å². The maximum absolute atomic E-state index is 12.7. The molecule has 152 valence electrons. The number of anilines is 1. The van der Waals surface area contributed by atoms with Crippen LogP contribution >= 0.6 is 11.6 Å². The molecule has 1 aromatic carbocycles. The average molecular weight is 413 g/mol. The van der Waals surface area contributed by atoms with Crippen LogP contribution in [0.25, 0.3) is 11.4 Å². The highest BCUT2D eigenvalue weighted by Gasteiger charge is 2.23. The molecular formula is C21H25ClN6O. The lowest BCUT2D eigenvalue weighted by Gasteiger charge is -2.27. The molecule has 0 unspecified atom stereocenters. The van der Waals surface area contributed by atoms with Gasteiger partial charge in [0.1, 0.15) is 11.6 Å². The number of nitrogens with two attached hydrogens (primary N) is 1. The minimum Gasteiger partial charge on any atom is -0.399 e. The Bertz CT molecular complexity index is 1060. The largest absolute Gasteiger partial charge is 0.399 e. The van der Waals surface area contributed by atoms with Crippen molar-refractivity contribution in [1.82, 2.24) is 24.8 Å². The number of H-pyrrole nitrogens is 2. The highest BCUT2D eigenvalue weighted by Crippen LogP contribution is 2.22. The van der Waals surface area contributed by atoms with Crippen molar-refractivity contribution >= 4 is 17.3 Å². The number of nitrogens with one attached hydrogen (secondary N) is 2. The molecule has 29 heavy (non-hydrogen) atoms. The Labute approximate surface area is 174 Å². The Morgan fingerprint density at radius 2 is 2.00 bits per heavy atom. The van der Waals surface area contributed by atoms with Gasteiger partial charge in [0.15, 0.2) is 5.15 Å². The van der Waals surface area contributed by atoms with E-state index in [4.69, 9.17) is 22.3 Å². The van der Waals surface area contributed by atoms with Gasteiger partial charge >= 0.3 is 0 Å². The van der Waals surface area contributed by atoms with E-state index in [1.54, 1.807) is 12.1 Å². The Morgan fingerprint density at radius 3 is 2.76 bits per heavy atom. The monoisotopic (exact) mass is 412 g/mol. The van der Waals surface area contributed by atoms with Crippen LogP contribution in [-0.4, -0.2) is 31.4 Å². The zero-order valence-corrected chi connectivity index (χ0v) is 17.2. The Hall–Kier alpha value is -2.64. The fourth-order valence-electron chi connectivity index (χ4n) is 3.62. The number of hydrogen-bond donors (Lipinski definition) is 3. The molecule has 0 aliphatic carbocycles. The summed E-state index contributed by atoms with van der Waals surface area (Å²) in [7, 11) is 0. The summed E-state index contributed by atoms with van der Waals surface area (Å²) >= 11 is 6.32. The second-order valence-corrected chi connectivity index (χ2v) is 7.84. The maximum Gasteiger partial charge on any atom is 0.255 e. The number of aromatic amines is 2. The number of halogens is 1. The molecular weight excluding hydrogens is 388 g/mol. The standard InChI is InChI=1S/C21H25ClN6O/c1-2-3-4-18-24-17(19(22)26-18)12-28-10-9-16-15(11-28)21(29)27-20(25-16)13-5-7-14(23)8-6-13/h5-8H,2-4,9-12,23H2,1H3,(H,24,26)(H,25,27,29). The molecule has 4 N–H and O–H groups in total. The van der Waals surface area contributed by atoms with E-state index in [2.05, 4.69) is 26.8 Å². The van der Waals surface area contributed by atoms with Crippen molar-refractivity contribution in [2.24, 2.45) is 0 Å². The van der Waals surface area contributed by atoms with Crippen LogP contribution in [0, 0.1) is 0 Å². The van der Waals surface area contributed by atoms with Gasteiger partial charge in [-0.2, -0.15) is 0 Å². The smallest absolute Gasteiger partial charge is 0.255 e. The van der Waals surface area contributed by atoms with Crippen molar-refractivity contribution in [3.05, 3.63) is 62.5 Å². The Kier molecular flexibility index (Phi) is 5.69. The van der Waals surface area contributed by atoms with Crippen LogP contribution in [0.15, 0.2) is 29.1 Å². The van der Waals surface area contributed by atoms with Gasteiger partial charge in [-0.15, -0.1) is 0 Å². The first-order valence-corrected chi connectivity index (χ1v) is 10.3. The fraction of sp³-hybridized carbons (Fsp3) is 0.381. The number of imidazole rings is 1. The zero-order chi connectivity index (χ0) is 20.4. The third-order valence-electron chi connectivity index (χ3n) is 5.26. The average Bonchev–Trinajstić information content (AvgIpc) is 3.06. The molecule has 1 aliphatic rings. The molecule has 0 amide bonds. The van der Waals surface area contributed by atoms with Gasteiger partial charge in [-0.25, -0.2) is 9.97 Å². The number of aryl methyl sites for hydroxylation is 1. The van der Waals surface area contributed by atoms with Gasteiger partial charge in [0.05, 0.1) is 17.0 Å². The summed E-state index contributed by atoms with van der Waals surface area (Å²) < 4.78 is 0. The van der Waals surface area contributed by atoms with E-state index in [0.29, 0.717) is 29.8 Å². The van der Waals surface area contributed by atoms with Gasteiger partial charge in [0.2, 0.25) is 0 Å². The van der Waals surface area contributed by atoms with Crippen LogP contribution < -0.4 is 11.3 Å². The minimum atomic E-state index is -0.0918. The first-order chi connectivity index (χ1) is 14.0. The lowest BCUT2D eigenvalue weighted by molar-refractivity contribution is 0.239. The first-order valence-electron chi connectivity index (χ1n) is 9.97. The normalized spacial score (nSPS) is 14.1. The summed E-state index contributed by atoms with van der Waals surface area (Å²) in [5.41, 5.74) is 9.67. The van der Waals surface area contributed by atoms with Gasteiger partial charge in [-0.1, -0.05) is 24.9 Å². The lowest BCUT2D eigenvalue weighted by atomic mass is 10.1. The lowest BCUT2D eigenvalue weighted by Crippen LogP contribution is -2.35. The number of nitrogen functional groups attached to an aromatic ring is 1. The van der Waals surface area contributed by atoms with E-state index in [1.165, 1.54) is 0 Å². The molecule has 0 radical (unpaired) electrons. The quantitative estimate of drug-likeness (QED) is 0.539. The van der Waals surface area contributed by atoms with Crippen molar-refractivity contribution in [3.8, 4) is 11.4 Å². The first kappa shape index (κ1) is 19.7. The number of hydrogen-bond acceptors (Lipinski definition) is 5. The third-order valence-corrected chi connectivity index (χ3v) is 5.57. The van der Waals surface area contributed by atoms with Crippen LogP contribution in [0.5, 0.6) is 0 Å². The van der Waals surface area contributed by atoms with Gasteiger partial charge in [0.25, 0.3) is 5.56 Å². The summed E-state index contributed by atoms with van der Waals surface area (Å²) in [5.74, 6) is 1.51. The third kappa shape index (κ3) is 4.36. The Balaban J connectivity index is 1.51. The van der Waals surface area contributed by atoms with E-state index < -0.39 is 0 Å². The van der Waals surface area contributed by atoms with E-state index in [9.17, 15) is 4.79 Å². The zero-order valence-electron chi connectivity index (χ0n) is 16.5. The molecule has 0 spiro atoms. The Morgan fingerprint density at radius 1 is 1.21 bits per heavy atom. The highest BCUT2D eigenvalue weighted by atomic mass is 35.5. The molecule has 3 heterocycles. The van der Waals surface area contributed by atoms with E-state index in [-0.39, 0.29) is 5.56 Å². The second-order valence-electron chi connectivity index (χ2n) is 7.48. The summed E-state index contributed by atoms with van der Waals surface area (Å²) in [5, 5.41) is 0.521. The molecule has 0 fully saturated rings. The topological polar surface area (TPSA) is 104 Å².